The topological polar surface area (TPSA) is 116 Å². The predicted octanol–water partition coefficient (Wildman–Crippen LogP) is 0.749. The van der Waals surface area contributed by atoms with E-state index in [0.29, 0.717) is 6.54 Å². The summed E-state index contributed by atoms with van der Waals surface area (Å²) in [6.45, 7) is 7.57. The third-order valence-electron chi connectivity index (χ3n) is 4.49. The second-order valence-electron chi connectivity index (χ2n) is 6.58. The van der Waals surface area contributed by atoms with Crippen LogP contribution in [0.5, 0.6) is 0 Å². The molecule has 1 aliphatic heterocycles. The third-order valence-corrected chi connectivity index (χ3v) is 5.94. The second kappa shape index (κ2) is 12.2. The van der Waals surface area contributed by atoms with Crippen molar-refractivity contribution in [3.8, 4) is 0 Å². The van der Waals surface area contributed by atoms with Gasteiger partial charge < -0.3 is 14.7 Å². The van der Waals surface area contributed by atoms with Gasteiger partial charge in [0.05, 0.1) is 12.2 Å². The Morgan fingerprint density at radius 1 is 1.27 bits per heavy atom. The minimum absolute atomic E-state index is 0. The monoisotopic (exact) mass is 549 g/mol. The molecule has 0 aliphatic carbocycles. The number of sulfonamides is 1. The summed E-state index contributed by atoms with van der Waals surface area (Å²) in [6.07, 6.45) is 4.45. The van der Waals surface area contributed by atoms with Gasteiger partial charge in [-0.05, 0) is 19.1 Å². The van der Waals surface area contributed by atoms with Gasteiger partial charge in [0.25, 0.3) is 0 Å². The van der Waals surface area contributed by atoms with Crippen LogP contribution in [0.2, 0.25) is 0 Å². The standard InChI is InChI=1S/C18H27N7O3S.HI/c1-2-20-18(21-7-8-22-29(26,27)17-4-3-6-19-14-17)25-11-9-24(10-12-25)15-16-5-13-28-23-16;/h3-6,13-14,22H,2,7-12,15H2,1H3,(H,20,21);1H. The van der Waals surface area contributed by atoms with Crippen LogP contribution in [-0.4, -0.2) is 80.1 Å². The number of aromatic nitrogens is 2. The van der Waals surface area contributed by atoms with E-state index in [0.717, 1.165) is 50.9 Å². The largest absolute Gasteiger partial charge is 0.364 e. The molecule has 0 spiro atoms. The van der Waals surface area contributed by atoms with Crippen molar-refractivity contribution in [2.45, 2.75) is 18.4 Å². The zero-order chi connectivity index (χ0) is 20.5. The van der Waals surface area contributed by atoms with Crippen LogP contribution in [0.3, 0.4) is 0 Å². The highest BCUT2D eigenvalue weighted by Gasteiger charge is 2.20. The highest BCUT2D eigenvalue weighted by Crippen LogP contribution is 2.08. The zero-order valence-electron chi connectivity index (χ0n) is 16.9. The molecule has 2 N–H and O–H groups in total. The maximum absolute atomic E-state index is 12.2. The molecule has 1 saturated heterocycles. The Labute approximate surface area is 194 Å². The molecule has 0 unspecified atom stereocenters. The van der Waals surface area contributed by atoms with Gasteiger partial charge in [-0.3, -0.25) is 14.9 Å². The Hall–Kier alpha value is -1.77. The molecule has 166 valence electrons. The summed E-state index contributed by atoms with van der Waals surface area (Å²) in [5.41, 5.74) is 0.930. The number of nitrogens with one attached hydrogen (secondary N) is 2. The Morgan fingerprint density at radius 2 is 2.07 bits per heavy atom. The first-order valence-electron chi connectivity index (χ1n) is 9.63. The van der Waals surface area contributed by atoms with Crippen molar-refractivity contribution >= 4 is 40.0 Å². The van der Waals surface area contributed by atoms with Crippen molar-refractivity contribution in [1.29, 1.82) is 0 Å². The lowest BCUT2D eigenvalue weighted by Crippen LogP contribution is -2.52. The predicted molar refractivity (Wildman–Crippen MR) is 124 cm³/mol. The highest BCUT2D eigenvalue weighted by molar-refractivity contribution is 14.0. The number of aliphatic imine (C=N–C) groups is 1. The molecule has 0 amide bonds. The molecule has 3 heterocycles. The molecule has 2 aromatic rings. The van der Waals surface area contributed by atoms with Gasteiger partial charge in [-0.2, -0.15) is 0 Å². The smallest absolute Gasteiger partial charge is 0.242 e. The van der Waals surface area contributed by atoms with E-state index in [9.17, 15) is 8.42 Å². The van der Waals surface area contributed by atoms with E-state index in [1.165, 1.54) is 18.5 Å². The minimum Gasteiger partial charge on any atom is -0.364 e. The summed E-state index contributed by atoms with van der Waals surface area (Å²) in [7, 11) is -3.56. The van der Waals surface area contributed by atoms with E-state index in [1.54, 1.807) is 12.3 Å². The maximum Gasteiger partial charge on any atom is 0.242 e. The van der Waals surface area contributed by atoms with Crippen LogP contribution in [0.4, 0.5) is 0 Å². The van der Waals surface area contributed by atoms with Gasteiger partial charge in [0.15, 0.2) is 5.96 Å². The average Bonchev–Trinajstić information content (AvgIpc) is 3.25. The number of guanidine groups is 1. The lowest BCUT2D eigenvalue weighted by atomic mass is 10.3. The summed E-state index contributed by atoms with van der Waals surface area (Å²) in [4.78, 5) is 13.1. The Bertz CT molecular complexity index is 870. The molecule has 2 aromatic heterocycles. The molecule has 0 radical (unpaired) electrons. The molecule has 0 bridgehead atoms. The number of pyridine rings is 1. The Balaban J connectivity index is 0.00000320. The highest BCUT2D eigenvalue weighted by atomic mass is 127. The van der Waals surface area contributed by atoms with Gasteiger partial charge in [-0.15, -0.1) is 24.0 Å². The zero-order valence-corrected chi connectivity index (χ0v) is 20.0. The molecule has 1 fully saturated rings. The quantitative estimate of drug-likeness (QED) is 0.215. The molecule has 0 saturated carbocycles. The summed E-state index contributed by atoms with van der Waals surface area (Å²) in [5, 5.41) is 7.24. The van der Waals surface area contributed by atoms with Gasteiger partial charge in [0, 0.05) is 64.3 Å². The number of piperazine rings is 1. The number of halogens is 1. The second-order valence-corrected chi connectivity index (χ2v) is 8.34. The van der Waals surface area contributed by atoms with Crippen LogP contribution in [0, 0.1) is 0 Å². The van der Waals surface area contributed by atoms with Crippen molar-refractivity contribution < 1.29 is 12.9 Å². The van der Waals surface area contributed by atoms with Crippen LogP contribution in [0.15, 0.2) is 51.3 Å². The number of hydrogen-bond donors (Lipinski definition) is 2. The van der Waals surface area contributed by atoms with Crippen LogP contribution >= 0.6 is 24.0 Å². The minimum atomic E-state index is -3.56. The first-order chi connectivity index (χ1) is 14.1. The third kappa shape index (κ3) is 7.18. The molecule has 10 nitrogen and oxygen atoms in total. The Kier molecular flexibility index (Phi) is 9.94. The van der Waals surface area contributed by atoms with E-state index in [2.05, 4.69) is 35.0 Å². The normalized spacial score (nSPS) is 15.6. The fourth-order valence-corrected chi connectivity index (χ4v) is 4.01. The maximum atomic E-state index is 12.2. The van der Waals surface area contributed by atoms with Gasteiger partial charge in [-0.1, -0.05) is 5.16 Å². The summed E-state index contributed by atoms with van der Waals surface area (Å²) >= 11 is 0. The lowest BCUT2D eigenvalue weighted by Gasteiger charge is -2.36. The number of rotatable bonds is 8. The van der Waals surface area contributed by atoms with E-state index in [4.69, 9.17) is 4.52 Å². The molecule has 12 heteroatoms. The van der Waals surface area contributed by atoms with Crippen LogP contribution < -0.4 is 10.0 Å². The van der Waals surface area contributed by atoms with Gasteiger partial charge in [0.2, 0.25) is 10.0 Å². The molecule has 0 aromatic carbocycles. The van der Waals surface area contributed by atoms with Gasteiger partial charge in [0.1, 0.15) is 11.2 Å². The fourth-order valence-electron chi connectivity index (χ4n) is 3.02. The summed E-state index contributed by atoms with van der Waals surface area (Å²) in [5.74, 6) is 0.800. The summed E-state index contributed by atoms with van der Waals surface area (Å²) in [6, 6.07) is 4.99. The van der Waals surface area contributed by atoms with E-state index in [-0.39, 0.29) is 35.4 Å². The van der Waals surface area contributed by atoms with Crippen LogP contribution in [-0.2, 0) is 16.6 Å². The van der Waals surface area contributed by atoms with E-state index in [1.807, 2.05) is 13.0 Å². The van der Waals surface area contributed by atoms with Crippen molar-refractivity contribution in [2.75, 3.05) is 45.8 Å². The van der Waals surface area contributed by atoms with Crippen molar-refractivity contribution in [1.82, 2.24) is 30.0 Å². The molecule has 0 atom stereocenters. The van der Waals surface area contributed by atoms with Gasteiger partial charge >= 0.3 is 0 Å². The van der Waals surface area contributed by atoms with E-state index < -0.39 is 10.0 Å². The molecular formula is C18H28IN7O3S. The summed E-state index contributed by atoms with van der Waals surface area (Å²) < 4.78 is 31.9. The fraction of sp³-hybridized carbons (Fsp3) is 0.500. The lowest BCUT2D eigenvalue weighted by molar-refractivity contribution is 0.169. The van der Waals surface area contributed by atoms with E-state index >= 15 is 0 Å². The molecule has 3 rings (SSSR count). The number of nitrogens with zero attached hydrogens (tertiary/aromatic N) is 5. The van der Waals surface area contributed by atoms with Crippen molar-refractivity contribution in [2.24, 2.45) is 4.99 Å². The molecule has 1 aliphatic rings. The SMILES string of the molecule is CCNC(=NCCNS(=O)(=O)c1cccnc1)N1CCN(Cc2ccon2)CC1.I. The first kappa shape index (κ1) is 24.5. The van der Waals surface area contributed by atoms with Crippen LogP contribution in [0.1, 0.15) is 12.6 Å². The van der Waals surface area contributed by atoms with Crippen LogP contribution in [0.25, 0.3) is 0 Å². The average molecular weight is 549 g/mol. The van der Waals surface area contributed by atoms with Crippen molar-refractivity contribution in [3.05, 3.63) is 42.5 Å². The molecular weight excluding hydrogens is 521 g/mol. The van der Waals surface area contributed by atoms with Gasteiger partial charge in [-0.25, -0.2) is 13.1 Å². The first-order valence-corrected chi connectivity index (χ1v) is 11.1. The Morgan fingerprint density at radius 3 is 2.70 bits per heavy atom. The number of hydrogen-bond acceptors (Lipinski definition) is 7. The molecule has 30 heavy (non-hydrogen) atoms. The van der Waals surface area contributed by atoms with Crippen molar-refractivity contribution in [3.63, 3.8) is 0 Å².